The molecule has 1 saturated carbocycles. The lowest BCUT2D eigenvalue weighted by Gasteiger charge is -2.40. The fourth-order valence-corrected chi connectivity index (χ4v) is 3.29. The third-order valence-corrected chi connectivity index (χ3v) is 4.95. The van der Waals surface area contributed by atoms with Crippen molar-refractivity contribution in [3.63, 3.8) is 0 Å². The quantitative estimate of drug-likeness (QED) is 0.507. The van der Waals surface area contributed by atoms with E-state index in [1.165, 1.54) is 32.1 Å². The van der Waals surface area contributed by atoms with Crippen LogP contribution in [0.2, 0.25) is 0 Å². The Bertz CT molecular complexity index is 337. The summed E-state index contributed by atoms with van der Waals surface area (Å²) >= 11 is 0. The summed E-state index contributed by atoms with van der Waals surface area (Å²) in [6.45, 7) is 6.63. The van der Waals surface area contributed by atoms with E-state index in [9.17, 15) is 0 Å². The summed E-state index contributed by atoms with van der Waals surface area (Å²) in [7, 11) is 1.78. The molecule has 22 heavy (non-hydrogen) atoms. The van der Waals surface area contributed by atoms with Crippen LogP contribution in [0.5, 0.6) is 0 Å². The zero-order chi connectivity index (χ0) is 15.7. The molecule has 128 valence electrons. The highest BCUT2D eigenvalue weighted by atomic mass is 16.5. The number of nitrogens with one attached hydrogen (secondary N) is 2. The molecule has 1 unspecified atom stereocenters. The Morgan fingerprint density at radius 3 is 2.77 bits per heavy atom. The highest BCUT2D eigenvalue weighted by molar-refractivity contribution is 5.79. The number of nitrogens with zero attached hydrogens (tertiary/aromatic N) is 1. The average molecular weight is 311 g/mol. The van der Waals surface area contributed by atoms with Crippen molar-refractivity contribution < 1.29 is 9.47 Å². The Morgan fingerprint density at radius 1 is 1.32 bits per heavy atom. The van der Waals surface area contributed by atoms with Gasteiger partial charge < -0.3 is 20.1 Å². The predicted octanol–water partition coefficient (Wildman–Crippen LogP) is 2.32. The van der Waals surface area contributed by atoms with Crippen LogP contribution in [0.25, 0.3) is 0 Å². The first-order valence-corrected chi connectivity index (χ1v) is 8.91. The van der Waals surface area contributed by atoms with Gasteiger partial charge in [-0.25, -0.2) is 0 Å². The molecule has 1 aliphatic heterocycles. The first kappa shape index (κ1) is 17.5. The molecule has 2 fully saturated rings. The second-order valence-electron chi connectivity index (χ2n) is 6.64. The maximum atomic E-state index is 5.67. The van der Waals surface area contributed by atoms with Crippen molar-refractivity contribution in [2.24, 2.45) is 10.4 Å². The van der Waals surface area contributed by atoms with Gasteiger partial charge in [0.1, 0.15) is 0 Å². The van der Waals surface area contributed by atoms with E-state index in [1.807, 2.05) is 0 Å². The molecule has 1 aliphatic carbocycles. The SMILES string of the molecule is CCNC(=NCC1(CCOC)CCC1)NCCC1CCCO1. The van der Waals surface area contributed by atoms with E-state index in [1.54, 1.807) is 7.11 Å². The number of hydrogen-bond acceptors (Lipinski definition) is 3. The van der Waals surface area contributed by atoms with E-state index < -0.39 is 0 Å². The fourth-order valence-electron chi connectivity index (χ4n) is 3.29. The minimum atomic E-state index is 0.382. The summed E-state index contributed by atoms with van der Waals surface area (Å²) in [5, 5.41) is 6.80. The van der Waals surface area contributed by atoms with Gasteiger partial charge in [0.2, 0.25) is 0 Å². The molecule has 1 atom stereocenters. The van der Waals surface area contributed by atoms with Crippen LogP contribution in [0.4, 0.5) is 0 Å². The molecule has 0 radical (unpaired) electrons. The molecule has 0 aromatic rings. The average Bonchev–Trinajstić information content (AvgIpc) is 2.99. The molecule has 5 nitrogen and oxygen atoms in total. The van der Waals surface area contributed by atoms with Crippen LogP contribution in [0.3, 0.4) is 0 Å². The monoisotopic (exact) mass is 311 g/mol. The van der Waals surface area contributed by atoms with Crippen molar-refractivity contribution in [1.29, 1.82) is 0 Å². The van der Waals surface area contributed by atoms with Crippen molar-refractivity contribution in [3.05, 3.63) is 0 Å². The molecule has 2 N–H and O–H groups in total. The van der Waals surface area contributed by atoms with E-state index in [0.717, 1.165) is 51.6 Å². The van der Waals surface area contributed by atoms with Crippen molar-refractivity contribution in [2.45, 2.75) is 58.0 Å². The lowest BCUT2D eigenvalue weighted by molar-refractivity contribution is 0.0778. The largest absolute Gasteiger partial charge is 0.385 e. The van der Waals surface area contributed by atoms with Gasteiger partial charge >= 0.3 is 0 Å². The fraction of sp³-hybridized carbons (Fsp3) is 0.941. The smallest absolute Gasteiger partial charge is 0.191 e. The minimum Gasteiger partial charge on any atom is -0.385 e. The number of hydrogen-bond donors (Lipinski definition) is 2. The Morgan fingerprint density at radius 2 is 2.18 bits per heavy atom. The molecule has 0 bridgehead atoms. The predicted molar refractivity (Wildman–Crippen MR) is 90.3 cm³/mol. The normalized spacial score (nSPS) is 24.1. The standard InChI is InChI=1S/C17H33N3O2/c1-3-18-16(19-11-7-15-6-4-12-22-15)20-14-17(8-5-9-17)10-13-21-2/h15H,3-14H2,1-2H3,(H2,18,19,20). The molecule has 1 saturated heterocycles. The van der Waals surface area contributed by atoms with Crippen LogP contribution < -0.4 is 10.6 Å². The lowest BCUT2D eigenvalue weighted by atomic mass is 9.67. The molecule has 5 heteroatoms. The van der Waals surface area contributed by atoms with Crippen LogP contribution in [0.15, 0.2) is 4.99 Å². The summed E-state index contributed by atoms with van der Waals surface area (Å²) in [5.41, 5.74) is 0.382. The summed E-state index contributed by atoms with van der Waals surface area (Å²) in [6, 6.07) is 0. The lowest BCUT2D eigenvalue weighted by Crippen LogP contribution is -2.41. The molecule has 2 aliphatic rings. The molecule has 1 heterocycles. The van der Waals surface area contributed by atoms with Gasteiger partial charge in [0.15, 0.2) is 5.96 Å². The van der Waals surface area contributed by atoms with Crippen molar-refractivity contribution >= 4 is 5.96 Å². The summed E-state index contributed by atoms with van der Waals surface area (Å²) in [6.07, 6.45) is 8.96. The van der Waals surface area contributed by atoms with Crippen LogP contribution >= 0.6 is 0 Å². The van der Waals surface area contributed by atoms with Gasteiger partial charge in [-0.05, 0) is 50.9 Å². The first-order valence-electron chi connectivity index (χ1n) is 8.91. The molecule has 0 amide bonds. The van der Waals surface area contributed by atoms with E-state index in [0.29, 0.717) is 11.5 Å². The van der Waals surface area contributed by atoms with Gasteiger partial charge in [-0.2, -0.15) is 0 Å². The van der Waals surface area contributed by atoms with E-state index in [-0.39, 0.29) is 0 Å². The molecule has 0 aromatic carbocycles. The summed E-state index contributed by atoms with van der Waals surface area (Å²) < 4.78 is 10.9. The molecular weight excluding hydrogens is 278 g/mol. The maximum Gasteiger partial charge on any atom is 0.191 e. The van der Waals surface area contributed by atoms with Crippen LogP contribution in [0, 0.1) is 5.41 Å². The summed E-state index contributed by atoms with van der Waals surface area (Å²) in [5.74, 6) is 0.948. The third-order valence-electron chi connectivity index (χ3n) is 4.95. The molecule has 0 spiro atoms. The number of ether oxygens (including phenoxy) is 2. The van der Waals surface area contributed by atoms with Gasteiger partial charge in [0.25, 0.3) is 0 Å². The van der Waals surface area contributed by atoms with Gasteiger partial charge in [-0.15, -0.1) is 0 Å². The van der Waals surface area contributed by atoms with Gasteiger partial charge in [-0.1, -0.05) is 6.42 Å². The van der Waals surface area contributed by atoms with E-state index in [2.05, 4.69) is 17.6 Å². The van der Waals surface area contributed by atoms with Gasteiger partial charge in [0.05, 0.1) is 6.10 Å². The first-order chi connectivity index (χ1) is 10.8. The number of methoxy groups -OCH3 is 1. The second-order valence-corrected chi connectivity index (χ2v) is 6.64. The highest BCUT2D eigenvalue weighted by Gasteiger charge is 2.36. The van der Waals surface area contributed by atoms with Crippen LogP contribution in [-0.4, -0.2) is 52.0 Å². The molecule has 0 aromatic heterocycles. The highest BCUT2D eigenvalue weighted by Crippen LogP contribution is 2.44. The number of aliphatic imine (C=N–C) groups is 1. The third kappa shape index (κ3) is 5.43. The van der Waals surface area contributed by atoms with Crippen LogP contribution in [0.1, 0.15) is 51.9 Å². The Labute approximate surface area is 135 Å². The Balaban J connectivity index is 1.75. The van der Waals surface area contributed by atoms with Crippen molar-refractivity contribution in [2.75, 3.05) is 40.0 Å². The van der Waals surface area contributed by atoms with Gasteiger partial charge in [-0.3, -0.25) is 4.99 Å². The molecular formula is C17H33N3O2. The van der Waals surface area contributed by atoms with Crippen molar-refractivity contribution in [3.8, 4) is 0 Å². The van der Waals surface area contributed by atoms with Crippen LogP contribution in [-0.2, 0) is 9.47 Å². The van der Waals surface area contributed by atoms with Crippen molar-refractivity contribution in [1.82, 2.24) is 10.6 Å². The molecule has 2 rings (SSSR count). The van der Waals surface area contributed by atoms with E-state index >= 15 is 0 Å². The minimum absolute atomic E-state index is 0.382. The van der Waals surface area contributed by atoms with E-state index in [4.69, 9.17) is 14.5 Å². The number of rotatable bonds is 9. The Kier molecular flexibility index (Phi) is 7.46. The number of guanidine groups is 1. The zero-order valence-electron chi connectivity index (χ0n) is 14.3. The van der Waals surface area contributed by atoms with Gasteiger partial charge in [0, 0.05) is 40.0 Å². The second kappa shape index (κ2) is 9.36. The summed E-state index contributed by atoms with van der Waals surface area (Å²) in [4.78, 5) is 4.82. The Hall–Kier alpha value is -0.810. The maximum absolute atomic E-state index is 5.67. The zero-order valence-corrected chi connectivity index (χ0v) is 14.3. The topological polar surface area (TPSA) is 54.9 Å².